The van der Waals surface area contributed by atoms with Crippen molar-refractivity contribution in [1.29, 1.82) is 0 Å². The summed E-state index contributed by atoms with van der Waals surface area (Å²) in [6.07, 6.45) is 0.579. The average molecular weight is 428 g/mol. The van der Waals surface area contributed by atoms with Crippen molar-refractivity contribution < 1.29 is 22.4 Å². The Labute approximate surface area is 176 Å². The summed E-state index contributed by atoms with van der Waals surface area (Å²) in [7, 11) is -4.16. The highest BCUT2D eigenvalue weighted by Crippen LogP contribution is 2.33. The zero-order chi connectivity index (χ0) is 22.2. The van der Waals surface area contributed by atoms with E-state index in [1.165, 1.54) is 13.0 Å². The topological polar surface area (TPSA) is 84.7 Å². The molecule has 2 aromatic carbocycles. The van der Waals surface area contributed by atoms with Crippen molar-refractivity contribution in [2.45, 2.75) is 52.4 Å². The number of hydrogen-bond donors (Lipinski definition) is 0. The van der Waals surface area contributed by atoms with Crippen molar-refractivity contribution in [2.75, 3.05) is 4.31 Å². The molecule has 0 aliphatic heterocycles. The second kappa shape index (κ2) is 8.07. The predicted molar refractivity (Wildman–Crippen MR) is 116 cm³/mol. The van der Waals surface area contributed by atoms with Crippen LogP contribution < -0.4 is 4.31 Å². The van der Waals surface area contributed by atoms with Crippen LogP contribution in [0.1, 0.15) is 53.9 Å². The number of amides is 1. The number of hydrogen-bond acceptors (Lipinski definition) is 5. The summed E-state index contributed by atoms with van der Waals surface area (Å²) in [5, 5.41) is 0.489. The van der Waals surface area contributed by atoms with Crippen molar-refractivity contribution >= 4 is 38.4 Å². The Balaban J connectivity index is 2.27. The van der Waals surface area contributed by atoms with Gasteiger partial charge in [-0.15, -0.1) is 0 Å². The van der Waals surface area contributed by atoms with E-state index < -0.39 is 15.9 Å². The van der Waals surface area contributed by atoms with E-state index in [1.807, 2.05) is 13.0 Å². The predicted octanol–water partition coefficient (Wildman–Crippen LogP) is 5.08. The minimum atomic E-state index is -4.16. The maximum absolute atomic E-state index is 13.6. The van der Waals surface area contributed by atoms with E-state index in [0.717, 1.165) is 9.87 Å². The lowest BCUT2D eigenvalue weighted by molar-refractivity contribution is -0.117. The number of furan rings is 1. The van der Waals surface area contributed by atoms with Crippen LogP contribution in [0, 0.1) is 20.8 Å². The highest BCUT2D eigenvalue weighted by molar-refractivity contribution is 7.93. The van der Waals surface area contributed by atoms with Crippen molar-refractivity contribution in [2.24, 2.45) is 0 Å². The number of nitrogens with zero attached hydrogens (tertiary/aromatic N) is 1. The number of fused-ring (bicyclic) bond motifs is 1. The number of carbonyl (C=O) groups excluding carboxylic acids is 2. The molecule has 0 radical (unpaired) electrons. The van der Waals surface area contributed by atoms with Crippen LogP contribution >= 0.6 is 0 Å². The second-order valence-electron chi connectivity index (χ2n) is 7.45. The molecule has 0 spiro atoms. The highest BCUT2D eigenvalue weighted by atomic mass is 32.2. The first-order valence-corrected chi connectivity index (χ1v) is 11.2. The zero-order valence-electron chi connectivity index (χ0n) is 17.8. The van der Waals surface area contributed by atoms with Crippen LogP contribution in [0.5, 0.6) is 0 Å². The molecule has 0 bridgehead atoms. The summed E-state index contributed by atoms with van der Waals surface area (Å²) in [6.45, 7) is 8.43. The van der Waals surface area contributed by atoms with Crippen molar-refractivity contribution in [3.8, 4) is 0 Å². The molecule has 0 aliphatic carbocycles. The van der Waals surface area contributed by atoms with E-state index in [1.54, 1.807) is 45.0 Å². The van der Waals surface area contributed by atoms with Gasteiger partial charge in [-0.25, -0.2) is 12.7 Å². The van der Waals surface area contributed by atoms with Gasteiger partial charge < -0.3 is 4.42 Å². The normalized spacial score (nSPS) is 11.6. The fourth-order valence-electron chi connectivity index (χ4n) is 3.59. The molecular weight excluding hydrogens is 402 g/mol. The Morgan fingerprint density at radius 1 is 1.03 bits per heavy atom. The summed E-state index contributed by atoms with van der Waals surface area (Å²) in [5.41, 5.74) is 2.37. The van der Waals surface area contributed by atoms with Crippen molar-refractivity contribution in [1.82, 2.24) is 0 Å². The molecule has 0 N–H and O–H groups in total. The van der Waals surface area contributed by atoms with Gasteiger partial charge in [-0.2, -0.15) is 0 Å². The number of carbonyl (C=O) groups is 2. The summed E-state index contributed by atoms with van der Waals surface area (Å²) in [6, 6.07) is 9.78. The van der Waals surface area contributed by atoms with Crippen LogP contribution in [0.4, 0.5) is 5.69 Å². The third-order valence-electron chi connectivity index (χ3n) is 4.99. The lowest BCUT2D eigenvalue weighted by Gasteiger charge is -2.24. The summed E-state index contributed by atoms with van der Waals surface area (Å²) >= 11 is 0. The molecule has 30 heavy (non-hydrogen) atoms. The molecule has 6 nitrogen and oxygen atoms in total. The molecule has 7 heteroatoms. The molecule has 3 rings (SSSR count). The molecule has 0 fully saturated rings. The van der Waals surface area contributed by atoms with Crippen molar-refractivity contribution in [3.63, 3.8) is 0 Å². The van der Waals surface area contributed by atoms with Crippen LogP contribution in [0.2, 0.25) is 0 Å². The minimum Gasteiger partial charge on any atom is -0.461 e. The van der Waals surface area contributed by atoms with Crippen LogP contribution in [0.15, 0.2) is 45.7 Å². The average Bonchev–Trinajstić information content (AvgIpc) is 2.99. The first kappa shape index (κ1) is 21.8. The van der Waals surface area contributed by atoms with E-state index in [0.29, 0.717) is 34.3 Å². The fraction of sp³-hybridized carbons (Fsp3) is 0.304. The molecule has 1 aromatic heterocycles. The van der Waals surface area contributed by atoms with Crippen LogP contribution in [0.25, 0.3) is 11.0 Å². The lowest BCUT2D eigenvalue weighted by Crippen LogP contribution is -2.37. The van der Waals surface area contributed by atoms with Gasteiger partial charge in [0.15, 0.2) is 5.78 Å². The molecule has 158 valence electrons. The van der Waals surface area contributed by atoms with Gasteiger partial charge in [0.25, 0.3) is 10.0 Å². The summed E-state index contributed by atoms with van der Waals surface area (Å²) in [4.78, 5) is 25.2. The lowest BCUT2D eigenvalue weighted by atomic mass is 10.1. The van der Waals surface area contributed by atoms with Gasteiger partial charge in [0.2, 0.25) is 5.91 Å². The number of rotatable bonds is 6. The van der Waals surface area contributed by atoms with E-state index in [9.17, 15) is 18.0 Å². The molecule has 0 atom stereocenters. The smallest absolute Gasteiger partial charge is 0.271 e. The van der Waals surface area contributed by atoms with Gasteiger partial charge in [-0.05, 0) is 69.5 Å². The third kappa shape index (κ3) is 3.77. The third-order valence-corrected chi connectivity index (χ3v) is 6.88. The van der Waals surface area contributed by atoms with Gasteiger partial charge >= 0.3 is 0 Å². The molecule has 1 amide bonds. The molecule has 0 saturated heterocycles. The highest BCUT2D eigenvalue weighted by Gasteiger charge is 2.32. The SMILES string of the molecule is CCCC(=O)N(c1ccc2oc(C)c(C(C)=O)c2c1)S(=O)(=O)c1cc(C)ccc1C. The summed E-state index contributed by atoms with van der Waals surface area (Å²) < 4.78 is 33.7. The number of aryl methyl sites for hydroxylation is 3. The second-order valence-corrected chi connectivity index (χ2v) is 9.21. The molecule has 0 unspecified atom stereocenters. The van der Waals surface area contributed by atoms with Crippen LogP contribution in [-0.4, -0.2) is 20.1 Å². The van der Waals surface area contributed by atoms with Gasteiger partial charge in [0.05, 0.1) is 16.1 Å². The minimum absolute atomic E-state index is 0.0755. The Hall–Kier alpha value is -2.93. The number of Topliss-reactive ketones (excluding diaryl/α,β-unsaturated/α-hetero) is 1. The first-order chi connectivity index (χ1) is 14.1. The number of ketones is 1. The largest absolute Gasteiger partial charge is 0.461 e. The van der Waals surface area contributed by atoms with Gasteiger partial charge in [-0.3, -0.25) is 9.59 Å². The first-order valence-electron chi connectivity index (χ1n) is 9.77. The number of sulfonamides is 1. The Bertz CT molecular complexity index is 1250. The van der Waals surface area contributed by atoms with Gasteiger partial charge in [0, 0.05) is 11.8 Å². The van der Waals surface area contributed by atoms with Gasteiger partial charge in [-0.1, -0.05) is 19.1 Å². The molecule has 0 aliphatic rings. The number of anilines is 1. The molecular formula is C23H25NO5S. The van der Waals surface area contributed by atoms with Crippen molar-refractivity contribution in [3.05, 3.63) is 58.8 Å². The fourth-order valence-corrected chi connectivity index (χ4v) is 5.34. The Kier molecular flexibility index (Phi) is 5.85. The van der Waals surface area contributed by atoms with E-state index in [-0.39, 0.29) is 22.8 Å². The molecule has 1 heterocycles. The maximum atomic E-state index is 13.6. The Morgan fingerprint density at radius 2 is 1.73 bits per heavy atom. The monoisotopic (exact) mass is 427 g/mol. The van der Waals surface area contributed by atoms with E-state index in [4.69, 9.17) is 4.42 Å². The van der Waals surface area contributed by atoms with Crippen LogP contribution in [-0.2, 0) is 14.8 Å². The van der Waals surface area contributed by atoms with Gasteiger partial charge in [0.1, 0.15) is 11.3 Å². The summed E-state index contributed by atoms with van der Waals surface area (Å²) in [5.74, 6) is -0.256. The number of benzene rings is 2. The van der Waals surface area contributed by atoms with E-state index >= 15 is 0 Å². The van der Waals surface area contributed by atoms with E-state index in [2.05, 4.69) is 0 Å². The van der Waals surface area contributed by atoms with Crippen LogP contribution in [0.3, 0.4) is 0 Å². The maximum Gasteiger partial charge on any atom is 0.271 e. The zero-order valence-corrected chi connectivity index (χ0v) is 18.6. The quantitative estimate of drug-likeness (QED) is 0.512. The molecule has 3 aromatic rings. The molecule has 0 saturated carbocycles. The standard InChI is InChI=1S/C23H25NO5S/c1-6-7-22(26)24(30(27,28)21-12-14(2)8-9-15(21)3)18-10-11-20-19(13-18)23(16(4)25)17(5)29-20/h8-13H,6-7H2,1-5H3. The Morgan fingerprint density at radius 3 is 2.37 bits per heavy atom.